The van der Waals surface area contributed by atoms with Gasteiger partial charge in [0.25, 0.3) is 0 Å². The van der Waals surface area contributed by atoms with Gasteiger partial charge in [-0.15, -0.1) is 23.5 Å². The smallest absolute Gasteiger partial charge is 0.229 e. The molecule has 0 aliphatic rings. The van der Waals surface area contributed by atoms with Crippen LogP contribution in [0, 0.1) is 0 Å². The fourth-order valence-corrected chi connectivity index (χ4v) is 2.92. The number of hydrogen-bond acceptors (Lipinski definition) is 4. The maximum atomic E-state index is 12.2. The molecule has 0 radical (unpaired) electrons. The zero-order valence-corrected chi connectivity index (χ0v) is 13.0. The molecule has 5 heteroatoms. The van der Waals surface area contributed by atoms with Gasteiger partial charge in [0.1, 0.15) is 0 Å². The molecule has 1 rings (SSSR count). The molecule has 0 aromatic heterocycles. The third-order valence-electron chi connectivity index (χ3n) is 2.07. The van der Waals surface area contributed by atoms with E-state index in [0.717, 1.165) is 8.71 Å². The van der Waals surface area contributed by atoms with Gasteiger partial charge in [0.15, 0.2) is 5.76 Å². The summed E-state index contributed by atoms with van der Waals surface area (Å²) in [5, 5.41) is 0. The van der Waals surface area contributed by atoms with Crippen LogP contribution in [0.5, 0.6) is 0 Å². The van der Waals surface area contributed by atoms with E-state index in [9.17, 15) is 4.79 Å². The van der Waals surface area contributed by atoms with Gasteiger partial charge in [-0.1, -0.05) is 15.9 Å². The fourth-order valence-electron chi connectivity index (χ4n) is 1.27. The van der Waals surface area contributed by atoms with Crippen LogP contribution in [-0.4, -0.2) is 25.4 Å². The van der Waals surface area contributed by atoms with Crippen molar-refractivity contribution >= 4 is 45.2 Å². The van der Waals surface area contributed by atoms with E-state index in [2.05, 4.69) is 15.9 Å². The van der Waals surface area contributed by atoms with Crippen LogP contribution in [0.25, 0.3) is 0 Å². The summed E-state index contributed by atoms with van der Waals surface area (Å²) < 4.78 is 7.06. The second-order valence-electron chi connectivity index (χ2n) is 3.06. The molecule has 0 N–H and O–H groups in total. The standard InChI is InChI=1S/C12H13BrO2S2/c1-15-11(12(16-2)17-3)10(14)8-4-6-9(13)7-5-8/h4-7H,1-3H3. The van der Waals surface area contributed by atoms with Crippen molar-refractivity contribution < 1.29 is 9.53 Å². The zero-order chi connectivity index (χ0) is 12.8. The highest BCUT2D eigenvalue weighted by Gasteiger charge is 2.17. The Morgan fingerprint density at radius 3 is 2.12 bits per heavy atom. The topological polar surface area (TPSA) is 26.3 Å². The fraction of sp³-hybridized carbons (Fsp3) is 0.250. The number of Topliss-reactive ketones (excluding diaryl/α,β-unsaturated/α-hetero) is 1. The molecular weight excluding hydrogens is 320 g/mol. The number of ketones is 1. The molecule has 17 heavy (non-hydrogen) atoms. The number of hydrogen-bond donors (Lipinski definition) is 0. The minimum atomic E-state index is -0.0845. The van der Waals surface area contributed by atoms with Crippen LogP contribution in [0.1, 0.15) is 10.4 Å². The molecule has 0 spiro atoms. The Labute approximate surface area is 118 Å². The van der Waals surface area contributed by atoms with Gasteiger partial charge in [0.2, 0.25) is 5.78 Å². The summed E-state index contributed by atoms with van der Waals surface area (Å²) in [5.41, 5.74) is 0.630. The van der Waals surface area contributed by atoms with Crippen molar-refractivity contribution in [3.05, 3.63) is 44.3 Å². The predicted octanol–water partition coefficient (Wildman–Crippen LogP) is 4.17. The van der Waals surface area contributed by atoms with Gasteiger partial charge < -0.3 is 4.74 Å². The normalized spacial score (nSPS) is 9.88. The van der Waals surface area contributed by atoms with Gasteiger partial charge in [0.05, 0.1) is 11.3 Å². The van der Waals surface area contributed by atoms with E-state index < -0.39 is 0 Å². The molecule has 0 fully saturated rings. The van der Waals surface area contributed by atoms with E-state index in [-0.39, 0.29) is 5.78 Å². The summed E-state index contributed by atoms with van der Waals surface area (Å²) in [7, 11) is 1.53. The molecule has 0 saturated heterocycles. The van der Waals surface area contributed by atoms with Crippen LogP contribution in [0.15, 0.2) is 38.7 Å². The number of halogens is 1. The number of ether oxygens (including phenoxy) is 1. The Balaban J connectivity index is 3.10. The molecule has 0 heterocycles. The molecule has 0 atom stereocenters. The van der Waals surface area contributed by atoms with Crippen LogP contribution in [0.2, 0.25) is 0 Å². The molecule has 92 valence electrons. The number of methoxy groups -OCH3 is 1. The predicted molar refractivity (Wildman–Crippen MR) is 79.5 cm³/mol. The third kappa shape index (κ3) is 3.79. The number of rotatable bonds is 5. The molecule has 0 aliphatic heterocycles. The summed E-state index contributed by atoms with van der Waals surface area (Å²) in [6.45, 7) is 0. The highest BCUT2D eigenvalue weighted by atomic mass is 79.9. The molecule has 0 unspecified atom stereocenters. The van der Waals surface area contributed by atoms with E-state index >= 15 is 0 Å². The van der Waals surface area contributed by atoms with E-state index in [1.807, 2.05) is 24.6 Å². The van der Waals surface area contributed by atoms with Crippen LogP contribution in [-0.2, 0) is 4.74 Å². The highest BCUT2D eigenvalue weighted by Crippen LogP contribution is 2.29. The highest BCUT2D eigenvalue weighted by molar-refractivity contribution is 9.10. The molecule has 0 aliphatic carbocycles. The molecular formula is C12H13BrO2S2. The average Bonchev–Trinajstić information content (AvgIpc) is 2.36. The zero-order valence-electron chi connectivity index (χ0n) is 9.82. The number of carbonyl (C=O) groups excluding carboxylic acids is 1. The summed E-state index contributed by atoms with van der Waals surface area (Å²) >= 11 is 6.37. The lowest BCUT2D eigenvalue weighted by Crippen LogP contribution is -2.06. The molecule has 2 nitrogen and oxygen atoms in total. The van der Waals surface area contributed by atoms with Crippen LogP contribution in [0.4, 0.5) is 0 Å². The van der Waals surface area contributed by atoms with Crippen LogP contribution >= 0.6 is 39.5 Å². The number of allylic oxidation sites excluding steroid dienone is 1. The maximum Gasteiger partial charge on any atom is 0.229 e. The molecule has 0 saturated carbocycles. The van der Waals surface area contributed by atoms with E-state index in [1.165, 1.54) is 30.6 Å². The monoisotopic (exact) mass is 332 g/mol. The molecule has 1 aromatic rings. The van der Waals surface area contributed by atoms with Crippen molar-refractivity contribution in [1.82, 2.24) is 0 Å². The SMILES string of the molecule is COC(C(=O)c1ccc(Br)cc1)=C(SC)SC. The molecule has 0 amide bonds. The Hall–Kier alpha value is -0.390. The lowest BCUT2D eigenvalue weighted by Gasteiger charge is -2.09. The summed E-state index contributed by atoms with van der Waals surface area (Å²) in [6.07, 6.45) is 3.86. The molecule has 1 aromatic carbocycles. The van der Waals surface area contributed by atoms with Crippen molar-refractivity contribution in [2.24, 2.45) is 0 Å². The van der Waals surface area contributed by atoms with E-state index in [4.69, 9.17) is 4.74 Å². The van der Waals surface area contributed by atoms with Crippen LogP contribution < -0.4 is 0 Å². The Morgan fingerprint density at radius 1 is 1.18 bits per heavy atom. The van der Waals surface area contributed by atoms with Gasteiger partial charge in [-0.2, -0.15) is 0 Å². The van der Waals surface area contributed by atoms with Crippen molar-refractivity contribution in [2.75, 3.05) is 19.6 Å². The number of carbonyl (C=O) groups is 1. The lowest BCUT2D eigenvalue weighted by atomic mass is 10.1. The largest absolute Gasteiger partial charge is 0.491 e. The van der Waals surface area contributed by atoms with Crippen LogP contribution in [0.3, 0.4) is 0 Å². The summed E-state index contributed by atoms with van der Waals surface area (Å²) in [4.78, 5) is 12.2. The van der Waals surface area contributed by atoms with Gasteiger partial charge in [-0.05, 0) is 36.8 Å². The first kappa shape index (κ1) is 14.7. The Morgan fingerprint density at radius 2 is 1.71 bits per heavy atom. The summed E-state index contributed by atoms with van der Waals surface area (Å²) in [5.74, 6) is 0.325. The van der Waals surface area contributed by atoms with Gasteiger partial charge >= 0.3 is 0 Å². The minimum Gasteiger partial charge on any atom is -0.491 e. The van der Waals surface area contributed by atoms with Crippen molar-refractivity contribution in [1.29, 1.82) is 0 Å². The van der Waals surface area contributed by atoms with E-state index in [0.29, 0.717) is 11.3 Å². The van der Waals surface area contributed by atoms with E-state index in [1.54, 1.807) is 12.1 Å². The first-order chi connectivity index (χ1) is 8.13. The molecule has 0 bridgehead atoms. The maximum absolute atomic E-state index is 12.2. The van der Waals surface area contributed by atoms with Crippen molar-refractivity contribution in [3.63, 3.8) is 0 Å². The lowest BCUT2D eigenvalue weighted by molar-refractivity contribution is 0.0954. The first-order valence-electron chi connectivity index (χ1n) is 4.80. The van der Waals surface area contributed by atoms with Gasteiger partial charge in [-0.25, -0.2) is 0 Å². The average molecular weight is 333 g/mol. The Bertz CT molecular complexity index is 421. The quantitative estimate of drug-likeness (QED) is 0.459. The summed E-state index contributed by atoms with van der Waals surface area (Å²) in [6, 6.07) is 7.25. The number of thioether (sulfide) groups is 2. The Kier molecular flexibility index (Phi) is 6.16. The minimum absolute atomic E-state index is 0.0845. The second-order valence-corrected chi connectivity index (χ2v) is 5.87. The third-order valence-corrected chi connectivity index (χ3v) is 4.71. The van der Waals surface area contributed by atoms with Gasteiger partial charge in [0, 0.05) is 10.0 Å². The first-order valence-corrected chi connectivity index (χ1v) is 8.04. The van der Waals surface area contributed by atoms with Crippen molar-refractivity contribution in [2.45, 2.75) is 0 Å². The van der Waals surface area contributed by atoms with Crippen molar-refractivity contribution in [3.8, 4) is 0 Å². The number of benzene rings is 1. The second kappa shape index (κ2) is 7.13. The van der Waals surface area contributed by atoms with Gasteiger partial charge in [-0.3, -0.25) is 4.79 Å².